The van der Waals surface area contributed by atoms with Crippen molar-refractivity contribution in [2.45, 2.75) is 32.6 Å². The van der Waals surface area contributed by atoms with Gasteiger partial charge in [0.2, 0.25) is 0 Å². The fourth-order valence-corrected chi connectivity index (χ4v) is 4.12. The minimum absolute atomic E-state index is 0.250. The van der Waals surface area contributed by atoms with Gasteiger partial charge in [0.25, 0.3) is 5.91 Å². The summed E-state index contributed by atoms with van der Waals surface area (Å²) in [6.45, 7) is 3.27. The second kappa shape index (κ2) is 8.23. The van der Waals surface area contributed by atoms with Gasteiger partial charge in [-0.1, -0.05) is 0 Å². The Morgan fingerprint density at radius 1 is 1.20 bits per heavy atom. The van der Waals surface area contributed by atoms with E-state index in [9.17, 15) is 14.4 Å². The second-order valence-corrected chi connectivity index (χ2v) is 7.79. The third-order valence-corrected chi connectivity index (χ3v) is 5.63. The minimum atomic E-state index is -0.643. The molecule has 0 unspecified atom stereocenters. The van der Waals surface area contributed by atoms with Crippen LogP contribution in [0.1, 0.15) is 57.8 Å². The molecule has 3 aromatic rings. The van der Waals surface area contributed by atoms with E-state index in [1.54, 1.807) is 36.6 Å². The molecule has 156 valence electrons. The van der Waals surface area contributed by atoms with Crippen LogP contribution in [0.2, 0.25) is 0 Å². The number of anilines is 1. The van der Waals surface area contributed by atoms with Gasteiger partial charge >= 0.3 is 11.9 Å². The Balaban J connectivity index is 1.41. The van der Waals surface area contributed by atoms with Gasteiger partial charge in [-0.2, -0.15) is 0 Å². The van der Waals surface area contributed by atoms with E-state index in [2.05, 4.69) is 15.5 Å². The molecule has 0 aromatic carbocycles. The number of aromatic nitrogens is 3. The number of esters is 2. The highest BCUT2D eigenvalue weighted by Crippen LogP contribution is 2.46. The summed E-state index contributed by atoms with van der Waals surface area (Å²) in [7, 11) is 0. The van der Waals surface area contributed by atoms with Gasteiger partial charge in [0, 0.05) is 6.20 Å². The normalized spacial score (nSPS) is 13.3. The molecule has 10 heteroatoms. The standard InChI is InChI=1S/C20H20N4O5S/c1-3-28-20(27)17-14(12-4-5-12)10-30-18(17)21-16(25)9-29-19(26)13-6-7-15-23-22-11(2)24(15)8-13/h6-8,10,12H,3-5,9H2,1-2H3,(H,21,25). The predicted octanol–water partition coefficient (Wildman–Crippen LogP) is 2.95. The van der Waals surface area contributed by atoms with Crippen molar-refractivity contribution >= 4 is 39.8 Å². The molecule has 1 aliphatic carbocycles. The molecule has 4 rings (SSSR count). The van der Waals surface area contributed by atoms with Crippen molar-refractivity contribution in [3.8, 4) is 0 Å². The molecule has 30 heavy (non-hydrogen) atoms. The highest BCUT2D eigenvalue weighted by Gasteiger charge is 2.32. The SMILES string of the molecule is CCOC(=O)c1c(C2CC2)csc1NC(=O)COC(=O)c1ccc2nnc(C)n2c1. The van der Waals surface area contributed by atoms with Crippen LogP contribution in [0.25, 0.3) is 5.65 Å². The summed E-state index contributed by atoms with van der Waals surface area (Å²) in [5.74, 6) is -0.658. The summed E-state index contributed by atoms with van der Waals surface area (Å²) in [6, 6.07) is 3.21. The number of carbonyl (C=O) groups is 3. The third kappa shape index (κ3) is 4.04. The molecule has 0 saturated heterocycles. The maximum atomic E-state index is 12.4. The maximum Gasteiger partial charge on any atom is 0.341 e. The smallest absolute Gasteiger partial charge is 0.341 e. The number of hydrogen-bond donors (Lipinski definition) is 1. The van der Waals surface area contributed by atoms with Gasteiger partial charge in [0.1, 0.15) is 10.8 Å². The molecule has 1 aliphatic rings. The van der Waals surface area contributed by atoms with E-state index >= 15 is 0 Å². The predicted molar refractivity (Wildman–Crippen MR) is 109 cm³/mol. The molecule has 0 radical (unpaired) electrons. The first-order chi connectivity index (χ1) is 14.5. The molecular weight excluding hydrogens is 408 g/mol. The number of rotatable bonds is 7. The van der Waals surface area contributed by atoms with E-state index in [1.165, 1.54) is 11.3 Å². The number of fused-ring (bicyclic) bond motifs is 1. The lowest BCUT2D eigenvalue weighted by atomic mass is 10.1. The number of carbonyl (C=O) groups excluding carboxylic acids is 3. The van der Waals surface area contributed by atoms with Gasteiger partial charge in [-0.25, -0.2) is 9.59 Å². The summed E-state index contributed by atoms with van der Waals surface area (Å²) in [5, 5.41) is 12.8. The third-order valence-electron chi connectivity index (χ3n) is 4.71. The van der Waals surface area contributed by atoms with E-state index in [-0.39, 0.29) is 12.2 Å². The summed E-state index contributed by atoms with van der Waals surface area (Å²) in [5.41, 5.74) is 2.19. The molecule has 0 bridgehead atoms. The van der Waals surface area contributed by atoms with E-state index in [4.69, 9.17) is 9.47 Å². The molecule has 3 heterocycles. The number of pyridine rings is 1. The quantitative estimate of drug-likeness (QED) is 0.576. The van der Waals surface area contributed by atoms with Crippen molar-refractivity contribution in [3.05, 3.63) is 46.2 Å². The lowest BCUT2D eigenvalue weighted by molar-refractivity contribution is -0.119. The average molecular weight is 428 g/mol. The molecule has 3 aromatic heterocycles. The molecule has 1 fully saturated rings. The fourth-order valence-electron chi connectivity index (χ4n) is 3.08. The van der Waals surface area contributed by atoms with E-state index < -0.39 is 24.5 Å². The Hall–Kier alpha value is -3.27. The molecule has 0 spiro atoms. The van der Waals surface area contributed by atoms with Crippen molar-refractivity contribution in [1.29, 1.82) is 0 Å². The van der Waals surface area contributed by atoms with Crippen molar-refractivity contribution in [2.24, 2.45) is 0 Å². The van der Waals surface area contributed by atoms with Crippen LogP contribution in [0.3, 0.4) is 0 Å². The van der Waals surface area contributed by atoms with Gasteiger partial charge in [-0.05, 0) is 55.7 Å². The van der Waals surface area contributed by atoms with Crippen LogP contribution in [0.4, 0.5) is 5.00 Å². The van der Waals surface area contributed by atoms with Crippen LogP contribution in [-0.2, 0) is 14.3 Å². The van der Waals surface area contributed by atoms with Crippen LogP contribution in [0.15, 0.2) is 23.7 Å². The number of nitrogens with zero attached hydrogens (tertiary/aromatic N) is 3. The first-order valence-corrected chi connectivity index (χ1v) is 10.4. The number of nitrogens with one attached hydrogen (secondary N) is 1. The average Bonchev–Trinajstić information content (AvgIpc) is 3.40. The number of aryl methyl sites for hydroxylation is 1. The van der Waals surface area contributed by atoms with Gasteiger partial charge in [-0.3, -0.25) is 9.20 Å². The van der Waals surface area contributed by atoms with E-state index in [0.29, 0.717) is 28.0 Å². The zero-order chi connectivity index (χ0) is 21.3. The molecular formula is C20H20N4O5S. The minimum Gasteiger partial charge on any atom is -0.462 e. The summed E-state index contributed by atoms with van der Waals surface area (Å²) in [6.07, 6.45) is 3.60. The Morgan fingerprint density at radius 2 is 2.00 bits per heavy atom. The van der Waals surface area contributed by atoms with E-state index in [0.717, 1.165) is 18.4 Å². The van der Waals surface area contributed by atoms with Crippen molar-refractivity contribution < 1.29 is 23.9 Å². The molecule has 0 atom stereocenters. The van der Waals surface area contributed by atoms with Crippen molar-refractivity contribution in [1.82, 2.24) is 14.6 Å². The molecule has 1 saturated carbocycles. The number of hydrogen-bond acceptors (Lipinski definition) is 8. The van der Waals surface area contributed by atoms with Crippen LogP contribution >= 0.6 is 11.3 Å². The zero-order valence-electron chi connectivity index (χ0n) is 16.5. The van der Waals surface area contributed by atoms with Crippen molar-refractivity contribution in [2.75, 3.05) is 18.5 Å². The lowest BCUT2D eigenvalue weighted by Crippen LogP contribution is -2.22. The van der Waals surface area contributed by atoms with Gasteiger partial charge < -0.3 is 14.8 Å². The van der Waals surface area contributed by atoms with Gasteiger partial charge in [-0.15, -0.1) is 21.5 Å². The molecule has 1 N–H and O–H groups in total. The monoisotopic (exact) mass is 428 g/mol. The Bertz CT molecular complexity index is 1130. The first-order valence-electron chi connectivity index (χ1n) is 9.54. The topological polar surface area (TPSA) is 112 Å². The van der Waals surface area contributed by atoms with Crippen LogP contribution in [0, 0.1) is 6.92 Å². The lowest BCUT2D eigenvalue weighted by Gasteiger charge is -2.09. The number of ether oxygens (including phenoxy) is 2. The number of amides is 1. The van der Waals surface area contributed by atoms with Gasteiger partial charge in [0.05, 0.1) is 17.7 Å². The Kier molecular flexibility index (Phi) is 5.49. The van der Waals surface area contributed by atoms with Crippen molar-refractivity contribution in [3.63, 3.8) is 0 Å². The number of thiophene rings is 1. The summed E-state index contributed by atoms with van der Waals surface area (Å²) < 4.78 is 11.9. The highest BCUT2D eigenvalue weighted by atomic mass is 32.1. The highest BCUT2D eigenvalue weighted by molar-refractivity contribution is 7.15. The van der Waals surface area contributed by atoms with Gasteiger partial charge in [0.15, 0.2) is 12.3 Å². The Morgan fingerprint density at radius 3 is 2.73 bits per heavy atom. The first kappa shape index (κ1) is 20.0. The second-order valence-electron chi connectivity index (χ2n) is 6.91. The molecule has 1 amide bonds. The fraction of sp³-hybridized carbons (Fsp3) is 0.350. The van der Waals surface area contributed by atoms with Crippen LogP contribution in [-0.4, -0.2) is 45.7 Å². The summed E-state index contributed by atoms with van der Waals surface area (Å²) >= 11 is 1.27. The van der Waals surface area contributed by atoms with Crippen LogP contribution in [0.5, 0.6) is 0 Å². The zero-order valence-corrected chi connectivity index (χ0v) is 17.3. The summed E-state index contributed by atoms with van der Waals surface area (Å²) in [4.78, 5) is 37.0. The maximum absolute atomic E-state index is 12.4. The molecule has 9 nitrogen and oxygen atoms in total. The molecule has 0 aliphatic heterocycles. The van der Waals surface area contributed by atoms with Crippen LogP contribution < -0.4 is 5.32 Å². The van der Waals surface area contributed by atoms with E-state index in [1.807, 2.05) is 5.38 Å². The Labute approximate surface area is 176 Å². The largest absolute Gasteiger partial charge is 0.462 e.